The van der Waals surface area contributed by atoms with Crippen LogP contribution in [0.25, 0.3) is 10.2 Å². The van der Waals surface area contributed by atoms with Crippen LogP contribution in [0.15, 0.2) is 12.4 Å². The molecule has 3 heterocycles. The van der Waals surface area contributed by atoms with Gasteiger partial charge in [-0.15, -0.1) is 0 Å². The van der Waals surface area contributed by atoms with E-state index in [0.29, 0.717) is 25.6 Å². The average Bonchev–Trinajstić information content (AvgIpc) is 2.76. The molecule has 0 aromatic carbocycles. The maximum absolute atomic E-state index is 5.89. The fourth-order valence-corrected chi connectivity index (χ4v) is 2.25. The molecule has 2 aromatic rings. The molecule has 1 unspecified atom stereocenters. The Morgan fingerprint density at radius 1 is 1.50 bits per heavy atom. The van der Waals surface area contributed by atoms with Crippen LogP contribution in [0.5, 0.6) is 0 Å². The summed E-state index contributed by atoms with van der Waals surface area (Å²) in [5, 5.41) is 1.73. The standard InChI is InChI=1S/C9H11N5OS/c10-14-1-2-15-5-7(14)9-11-4-8-6(13-9)3-12-16-8/h3-4,7H,1-2,5,10H2. The summed E-state index contributed by atoms with van der Waals surface area (Å²) in [5.41, 5.74) is 0.869. The summed E-state index contributed by atoms with van der Waals surface area (Å²) in [4.78, 5) is 8.76. The van der Waals surface area contributed by atoms with Crippen molar-refractivity contribution < 1.29 is 4.74 Å². The molecule has 0 amide bonds. The smallest absolute Gasteiger partial charge is 0.149 e. The van der Waals surface area contributed by atoms with Gasteiger partial charge < -0.3 is 4.74 Å². The van der Waals surface area contributed by atoms with Gasteiger partial charge in [0, 0.05) is 6.54 Å². The Labute approximate surface area is 96.2 Å². The molecule has 0 radical (unpaired) electrons. The highest BCUT2D eigenvalue weighted by Crippen LogP contribution is 2.21. The van der Waals surface area contributed by atoms with Gasteiger partial charge in [-0.2, -0.15) is 4.37 Å². The maximum Gasteiger partial charge on any atom is 0.149 e. The van der Waals surface area contributed by atoms with Crippen molar-refractivity contribution in [3.05, 3.63) is 18.2 Å². The molecule has 6 nitrogen and oxygen atoms in total. The number of ether oxygens (including phenoxy) is 1. The van der Waals surface area contributed by atoms with Crippen molar-refractivity contribution in [1.82, 2.24) is 19.4 Å². The molecule has 7 heteroatoms. The minimum Gasteiger partial charge on any atom is -0.378 e. The van der Waals surface area contributed by atoms with E-state index in [1.54, 1.807) is 17.4 Å². The van der Waals surface area contributed by atoms with Gasteiger partial charge in [-0.3, -0.25) is 5.84 Å². The molecule has 2 N–H and O–H groups in total. The van der Waals surface area contributed by atoms with Crippen LogP contribution in [0.2, 0.25) is 0 Å². The average molecular weight is 237 g/mol. The number of hydrogen-bond donors (Lipinski definition) is 1. The van der Waals surface area contributed by atoms with Crippen molar-refractivity contribution >= 4 is 21.7 Å². The Hall–Kier alpha value is -1.15. The number of fused-ring (bicyclic) bond motifs is 1. The predicted molar refractivity (Wildman–Crippen MR) is 59.7 cm³/mol. The van der Waals surface area contributed by atoms with Crippen molar-refractivity contribution in [2.45, 2.75) is 6.04 Å². The van der Waals surface area contributed by atoms with E-state index < -0.39 is 0 Å². The van der Waals surface area contributed by atoms with Crippen LogP contribution in [0, 0.1) is 0 Å². The quantitative estimate of drug-likeness (QED) is 0.720. The maximum atomic E-state index is 5.89. The van der Waals surface area contributed by atoms with E-state index in [1.807, 2.05) is 0 Å². The van der Waals surface area contributed by atoms with Crippen LogP contribution in [0.3, 0.4) is 0 Å². The van der Waals surface area contributed by atoms with Crippen molar-refractivity contribution in [3.63, 3.8) is 0 Å². The number of aromatic nitrogens is 3. The van der Waals surface area contributed by atoms with Crippen molar-refractivity contribution in [3.8, 4) is 0 Å². The van der Waals surface area contributed by atoms with E-state index in [4.69, 9.17) is 10.6 Å². The lowest BCUT2D eigenvalue weighted by Crippen LogP contribution is -2.44. The lowest BCUT2D eigenvalue weighted by molar-refractivity contribution is -0.0120. The molecule has 1 aliphatic heterocycles. The van der Waals surface area contributed by atoms with Crippen LogP contribution in [-0.4, -0.2) is 39.1 Å². The Kier molecular flexibility index (Phi) is 2.52. The van der Waals surface area contributed by atoms with Crippen molar-refractivity contribution in [2.24, 2.45) is 5.84 Å². The van der Waals surface area contributed by atoms with E-state index in [0.717, 1.165) is 10.2 Å². The molecule has 0 aliphatic carbocycles. The zero-order valence-electron chi connectivity index (χ0n) is 8.54. The molecule has 0 saturated carbocycles. The SMILES string of the molecule is NN1CCOCC1c1ncc2sncc2n1. The third-order valence-electron chi connectivity index (χ3n) is 2.60. The Balaban J connectivity index is 1.97. The molecule has 0 spiro atoms. The van der Waals surface area contributed by atoms with Gasteiger partial charge in [-0.25, -0.2) is 15.0 Å². The predicted octanol–water partition coefficient (Wildman–Crippen LogP) is 0.333. The molecule has 1 fully saturated rings. The van der Waals surface area contributed by atoms with Crippen molar-refractivity contribution in [2.75, 3.05) is 19.8 Å². The van der Waals surface area contributed by atoms with Gasteiger partial charge in [0.1, 0.15) is 17.4 Å². The normalized spacial score (nSPS) is 22.7. The van der Waals surface area contributed by atoms with E-state index in [-0.39, 0.29) is 6.04 Å². The summed E-state index contributed by atoms with van der Waals surface area (Å²) in [6, 6.07) is -0.0574. The molecule has 16 heavy (non-hydrogen) atoms. The van der Waals surface area contributed by atoms with Gasteiger partial charge in [0.05, 0.1) is 30.3 Å². The Bertz CT molecular complexity index is 501. The van der Waals surface area contributed by atoms with Crippen LogP contribution in [-0.2, 0) is 4.74 Å². The summed E-state index contributed by atoms with van der Waals surface area (Å²) in [5.74, 6) is 6.59. The second kappa shape index (κ2) is 4.02. The molecule has 1 saturated heterocycles. The molecule has 84 valence electrons. The van der Waals surface area contributed by atoms with Gasteiger partial charge in [0.25, 0.3) is 0 Å². The number of hydrogen-bond acceptors (Lipinski definition) is 7. The first-order valence-electron chi connectivity index (χ1n) is 5.01. The van der Waals surface area contributed by atoms with Gasteiger partial charge in [0.15, 0.2) is 0 Å². The summed E-state index contributed by atoms with van der Waals surface area (Å²) in [7, 11) is 0. The summed E-state index contributed by atoms with van der Waals surface area (Å²) >= 11 is 1.39. The topological polar surface area (TPSA) is 77.2 Å². The molecule has 0 bridgehead atoms. The first kappa shape index (κ1) is 10.0. The molecular formula is C9H11N5OS. The number of nitrogens with two attached hydrogens (primary N) is 1. The highest BCUT2D eigenvalue weighted by Gasteiger charge is 2.24. The number of hydrazine groups is 1. The number of morpholine rings is 1. The Morgan fingerprint density at radius 2 is 2.44 bits per heavy atom. The second-order valence-corrected chi connectivity index (χ2v) is 4.47. The second-order valence-electron chi connectivity index (χ2n) is 3.63. The minimum absolute atomic E-state index is 0.0574. The number of nitrogens with zero attached hydrogens (tertiary/aromatic N) is 4. The highest BCUT2D eigenvalue weighted by molar-refractivity contribution is 7.13. The van der Waals surface area contributed by atoms with Gasteiger partial charge in [-0.1, -0.05) is 0 Å². The van der Waals surface area contributed by atoms with E-state index in [1.165, 1.54) is 11.5 Å². The van der Waals surface area contributed by atoms with Crippen LogP contribution >= 0.6 is 11.5 Å². The van der Waals surface area contributed by atoms with Crippen LogP contribution in [0.4, 0.5) is 0 Å². The van der Waals surface area contributed by atoms with Crippen LogP contribution < -0.4 is 5.84 Å². The lowest BCUT2D eigenvalue weighted by Gasteiger charge is -2.30. The highest BCUT2D eigenvalue weighted by atomic mass is 32.1. The molecular weight excluding hydrogens is 226 g/mol. The molecule has 1 aliphatic rings. The van der Waals surface area contributed by atoms with Crippen molar-refractivity contribution in [1.29, 1.82) is 0 Å². The van der Waals surface area contributed by atoms with Gasteiger partial charge in [-0.05, 0) is 11.5 Å². The van der Waals surface area contributed by atoms with Gasteiger partial charge in [0.2, 0.25) is 0 Å². The fraction of sp³-hybridized carbons (Fsp3) is 0.444. The zero-order chi connectivity index (χ0) is 11.0. The minimum atomic E-state index is -0.0574. The summed E-state index contributed by atoms with van der Waals surface area (Å²) in [6.07, 6.45) is 3.54. The van der Waals surface area contributed by atoms with Gasteiger partial charge >= 0.3 is 0 Å². The first-order valence-corrected chi connectivity index (χ1v) is 5.78. The van der Waals surface area contributed by atoms with E-state index >= 15 is 0 Å². The molecule has 1 atom stereocenters. The third-order valence-corrected chi connectivity index (χ3v) is 3.32. The monoisotopic (exact) mass is 237 g/mol. The number of rotatable bonds is 1. The van der Waals surface area contributed by atoms with Crippen LogP contribution in [0.1, 0.15) is 11.9 Å². The Morgan fingerprint density at radius 3 is 3.31 bits per heavy atom. The lowest BCUT2D eigenvalue weighted by atomic mass is 10.2. The van der Waals surface area contributed by atoms with E-state index in [9.17, 15) is 0 Å². The third kappa shape index (κ3) is 1.67. The fourth-order valence-electron chi connectivity index (χ4n) is 1.69. The summed E-state index contributed by atoms with van der Waals surface area (Å²) in [6.45, 7) is 1.91. The largest absolute Gasteiger partial charge is 0.378 e. The first-order chi connectivity index (χ1) is 7.84. The summed E-state index contributed by atoms with van der Waals surface area (Å²) < 4.78 is 10.4. The molecule has 3 rings (SSSR count). The zero-order valence-corrected chi connectivity index (χ0v) is 9.35. The molecule has 2 aromatic heterocycles. The van der Waals surface area contributed by atoms with E-state index in [2.05, 4.69) is 14.3 Å².